The number of anilines is 2. The van der Waals surface area contributed by atoms with Gasteiger partial charge in [0.2, 0.25) is 11.8 Å². The second kappa shape index (κ2) is 7.38. The lowest BCUT2D eigenvalue weighted by Gasteiger charge is -2.20. The van der Waals surface area contributed by atoms with E-state index in [1.54, 1.807) is 23.1 Å². The van der Waals surface area contributed by atoms with Crippen LogP contribution in [0.5, 0.6) is 5.75 Å². The number of methoxy groups -OCH3 is 1. The van der Waals surface area contributed by atoms with Crippen molar-refractivity contribution in [1.82, 2.24) is 0 Å². The van der Waals surface area contributed by atoms with Gasteiger partial charge in [0, 0.05) is 23.7 Å². The zero-order valence-corrected chi connectivity index (χ0v) is 15.8. The van der Waals surface area contributed by atoms with E-state index in [0.29, 0.717) is 23.0 Å². The van der Waals surface area contributed by atoms with E-state index < -0.39 is 5.92 Å². The van der Waals surface area contributed by atoms with Gasteiger partial charge in [-0.2, -0.15) is 0 Å². The van der Waals surface area contributed by atoms with E-state index in [-0.39, 0.29) is 18.2 Å². The third-order valence-electron chi connectivity index (χ3n) is 4.78. The Balaban J connectivity index is 1.77. The van der Waals surface area contributed by atoms with Crippen molar-refractivity contribution in [3.8, 4) is 5.75 Å². The molecule has 1 atom stereocenters. The highest BCUT2D eigenvalue weighted by Crippen LogP contribution is 2.32. The van der Waals surface area contributed by atoms with Crippen LogP contribution in [0.15, 0.2) is 36.4 Å². The van der Waals surface area contributed by atoms with E-state index in [1.807, 2.05) is 32.0 Å². The first kappa shape index (κ1) is 18.3. The van der Waals surface area contributed by atoms with Gasteiger partial charge in [-0.25, -0.2) is 0 Å². The Morgan fingerprint density at radius 2 is 2.04 bits per heavy atom. The summed E-state index contributed by atoms with van der Waals surface area (Å²) in [5.74, 6) is -0.159. The summed E-state index contributed by atoms with van der Waals surface area (Å²) in [6.07, 6.45) is 0.183. The third kappa shape index (κ3) is 3.53. The van der Waals surface area contributed by atoms with Crippen LogP contribution in [-0.4, -0.2) is 25.5 Å². The molecule has 136 valence electrons. The van der Waals surface area contributed by atoms with E-state index in [2.05, 4.69) is 5.32 Å². The van der Waals surface area contributed by atoms with Gasteiger partial charge >= 0.3 is 0 Å². The minimum Gasteiger partial charge on any atom is -0.495 e. The van der Waals surface area contributed by atoms with Crippen molar-refractivity contribution < 1.29 is 14.3 Å². The molecule has 2 amide bonds. The van der Waals surface area contributed by atoms with E-state index in [1.165, 1.54) is 7.11 Å². The second-order valence-electron chi connectivity index (χ2n) is 6.46. The van der Waals surface area contributed by atoms with Crippen LogP contribution in [-0.2, 0) is 9.59 Å². The van der Waals surface area contributed by atoms with E-state index >= 15 is 0 Å². The molecule has 3 rings (SSSR count). The summed E-state index contributed by atoms with van der Waals surface area (Å²) in [6, 6.07) is 10.9. The maximum Gasteiger partial charge on any atom is 0.229 e. The van der Waals surface area contributed by atoms with Gasteiger partial charge in [0.05, 0.1) is 18.7 Å². The number of rotatable bonds is 4. The number of nitrogens with one attached hydrogen (secondary N) is 1. The van der Waals surface area contributed by atoms with Gasteiger partial charge in [-0.1, -0.05) is 23.7 Å². The van der Waals surface area contributed by atoms with Crippen molar-refractivity contribution in [2.45, 2.75) is 20.3 Å². The fraction of sp³-hybridized carbons (Fsp3) is 0.300. The molecular weight excluding hydrogens is 352 g/mol. The van der Waals surface area contributed by atoms with Crippen molar-refractivity contribution in [1.29, 1.82) is 0 Å². The molecule has 0 bridgehead atoms. The number of carbonyl (C=O) groups is 2. The SMILES string of the molecule is COc1ccc(Cl)cc1NC(=O)[C@H]1CC(=O)N(c2cccc(C)c2C)C1. The molecule has 0 saturated carbocycles. The number of halogens is 1. The lowest BCUT2D eigenvalue weighted by molar-refractivity contribution is -0.122. The molecule has 0 radical (unpaired) electrons. The highest BCUT2D eigenvalue weighted by atomic mass is 35.5. The van der Waals surface area contributed by atoms with Crippen LogP contribution >= 0.6 is 11.6 Å². The minimum atomic E-state index is -0.425. The number of hydrogen-bond acceptors (Lipinski definition) is 3. The molecule has 2 aromatic carbocycles. The van der Waals surface area contributed by atoms with Gasteiger partial charge in [-0.05, 0) is 49.2 Å². The van der Waals surface area contributed by atoms with Gasteiger partial charge < -0.3 is 15.0 Å². The highest BCUT2D eigenvalue weighted by molar-refractivity contribution is 6.31. The molecule has 0 aliphatic carbocycles. The molecule has 1 N–H and O–H groups in total. The van der Waals surface area contributed by atoms with Crippen molar-refractivity contribution in [2.24, 2.45) is 5.92 Å². The molecular formula is C20H21ClN2O3. The lowest BCUT2D eigenvalue weighted by Crippen LogP contribution is -2.28. The standard InChI is InChI=1S/C20H21ClN2O3/c1-12-5-4-6-17(13(12)2)23-11-14(9-19(23)24)20(25)22-16-10-15(21)7-8-18(16)26-3/h4-8,10,14H,9,11H2,1-3H3,(H,22,25)/t14-/m0/s1. The van der Waals surface area contributed by atoms with Gasteiger partial charge in [0.15, 0.2) is 0 Å². The molecule has 0 unspecified atom stereocenters. The van der Waals surface area contributed by atoms with Gasteiger partial charge in [0.25, 0.3) is 0 Å². The number of carbonyl (C=O) groups excluding carboxylic acids is 2. The number of aryl methyl sites for hydroxylation is 1. The number of nitrogens with zero attached hydrogens (tertiary/aromatic N) is 1. The molecule has 0 spiro atoms. The van der Waals surface area contributed by atoms with Crippen molar-refractivity contribution in [2.75, 3.05) is 23.9 Å². The minimum absolute atomic E-state index is 0.0445. The second-order valence-corrected chi connectivity index (χ2v) is 6.89. The molecule has 1 fully saturated rings. The molecule has 2 aromatic rings. The molecule has 1 aliphatic heterocycles. The third-order valence-corrected chi connectivity index (χ3v) is 5.02. The van der Waals surface area contributed by atoms with Crippen LogP contribution in [0.3, 0.4) is 0 Å². The fourth-order valence-corrected chi connectivity index (χ4v) is 3.33. The number of benzene rings is 2. The highest BCUT2D eigenvalue weighted by Gasteiger charge is 2.36. The van der Waals surface area contributed by atoms with Gasteiger partial charge in [0.1, 0.15) is 5.75 Å². The summed E-state index contributed by atoms with van der Waals surface area (Å²) in [7, 11) is 1.53. The maximum absolute atomic E-state index is 12.7. The molecule has 1 saturated heterocycles. The molecule has 0 aromatic heterocycles. The molecule has 5 nitrogen and oxygen atoms in total. The summed E-state index contributed by atoms with van der Waals surface area (Å²) in [5.41, 5.74) is 3.54. The molecule has 26 heavy (non-hydrogen) atoms. The average Bonchev–Trinajstić information content (AvgIpc) is 2.99. The first-order valence-electron chi connectivity index (χ1n) is 8.41. The van der Waals surface area contributed by atoms with E-state index in [0.717, 1.165) is 16.8 Å². The topological polar surface area (TPSA) is 58.6 Å². The van der Waals surface area contributed by atoms with E-state index in [4.69, 9.17) is 16.3 Å². The van der Waals surface area contributed by atoms with Crippen molar-refractivity contribution >= 4 is 34.8 Å². The predicted octanol–water partition coefficient (Wildman–Crippen LogP) is 3.96. The lowest BCUT2D eigenvalue weighted by atomic mass is 10.1. The van der Waals surface area contributed by atoms with Crippen LogP contribution in [0.1, 0.15) is 17.5 Å². The monoisotopic (exact) mass is 372 g/mol. The van der Waals surface area contributed by atoms with E-state index in [9.17, 15) is 9.59 Å². The van der Waals surface area contributed by atoms with Crippen LogP contribution in [0.2, 0.25) is 5.02 Å². The summed E-state index contributed by atoms with van der Waals surface area (Å²) in [6.45, 7) is 4.36. The Morgan fingerprint density at radius 3 is 2.77 bits per heavy atom. The predicted molar refractivity (Wildman–Crippen MR) is 103 cm³/mol. The molecule has 1 heterocycles. The Morgan fingerprint density at radius 1 is 1.27 bits per heavy atom. The Labute approximate surface area is 157 Å². The maximum atomic E-state index is 12.7. The number of hydrogen-bond donors (Lipinski definition) is 1. The summed E-state index contributed by atoms with van der Waals surface area (Å²) in [4.78, 5) is 26.9. The van der Waals surface area contributed by atoms with Crippen molar-refractivity contribution in [3.63, 3.8) is 0 Å². The van der Waals surface area contributed by atoms with Gasteiger partial charge in [-0.3, -0.25) is 9.59 Å². The Kier molecular flexibility index (Phi) is 5.18. The summed E-state index contributed by atoms with van der Waals surface area (Å²) < 4.78 is 5.25. The number of ether oxygens (including phenoxy) is 1. The Bertz CT molecular complexity index is 866. The normalized spacial score (nSPS) is 16.7. The van der Waals surface area contributed by atoms with Gasteiger partial charge in [-0.15, -0.1) is 0 Å². The average molecular weight is 373 g/mol. The van der Waals surface area contributed by atoms with Crippen LogP contribution in [0, 0.1) is 19.8 Å². The van der Waals surface area contributed by atoms with Crippen LogP contribution in [0.4, 0.5) is 11.4 Å². The van der Waals surface area contributed by atoms with Crippen molar-refractivity contribution in [3.05, 3.63) is 52.5 Å². The quantitative estimate of drug-likeness (QED) is 0.883. The first-order valence-corrected chi connectivity index (χ1v) is 8.79. The Hall–Kier alpha value is -2.53. The number of amides is 2. The fourth-order valence-electron chi connectivity index (χ4n) is 3.16. The van der Waals surface area contributed by atoms with Crippen LogP contribution in [0.25, 0.3) is 0 Å². The zero-order valence-electron chi connectivity index (χ0n) is 15.0. The molecule has 6 heteroatoms. The van der Waals surface area contributed by atoms with Crippen LogP contribution < -0.4 is 15.0 Å². The smallest absolute Gasteiger partial charge is 0.229 e. The summed E-state index contributed by atoms with van der Waals surface area (Å²) in [5, 5.41) is 3.34. The largest absolute Gasteiger partial charge is 0.495 e. The molecule has 1 aliphatic rings. The zero-order chi connectivity index (χ0) is 18.8. The first-order chi connectivity index (χ1) is 12.4. The summed E-state index contributed by atoms with van der Waals surface area (Å²) >= 11 is 6.01.